The number of aryl methyl sites for hydroxylation is 1. The zero-order chi connectivity index (χ0) is 13.8. The van der Waals surface area contributed by atoms with Gasteiger partial charge in [0.25, 0.3) is 0 Å². The number of rotatable bonds is 4. The lowest BCUT2D eigenvalue weighted by molar-refractivity contribution is 0.137. The third-order valence-electron chi connectivity index (χ3n) is 4.17. The van der Waals surface area contributed by atoms with Crippen molar-refractivity contribution in [1.82, 2.24) is 0 Å². The van der Waals surface area contributed by atoms with E-state index in [9.17, 15) is 5.11 Å². The van der Waals surface area contributed by atoms with Gasteiger partial charge in [0.2, 0.25) is 0 Å². The van der Waals surface area contributed by atoms with Gasteiger partial charge in [0, 0.05) is 5.56 Å². The molecule has 0 aromatic heterocycles. The first kappa shape index (κ1) is 14.7. The first-order valence-corrected chi connectivity index (χ1v) is 8.18. The van der Waals surface area contributed by atoms with Crippen LogP contribution in [0.3, 0.4) is 0 Å². The number of benzene rings is 1. The summed E-state index contributed by atoms with van der Waals surface area (Å²) in [6.45, 7) is 4.13. The molecule has 1 saturated heterocycles. The van der Waals surface area contributed by atoms with Gasteiger partial charge in [-0.15, -0.1) is 0 Å². The standard InChI is InChI=1S/C16H24O2S/c1-11-4-5-14(16(18-3)12(11)2)15(17)10-13-6-8-19-9-7-13/h4-5,13,15,17H,6-10H2,1-3H3. The van der Waals surface area contributed by atoms with Gasteiger partial charge in [-0.2, -0.15) is 11.8 Å². The third kappa shape index (κ3) is 3.46. The minimum atomic E-state index is -0.401. The van der Waals surface area contributed by atoms with E-state index in [0.29, 0.717) is 5.92 Å². The Morgan fingerprint density at radius 1 is 1.32 bits per heavy atom. The van der Waals surface area contributed by atoms with Gasteiger partial charge in [-0.25, -0.2) is 0 Å². The van der Waals surface area contributed by atoms with Gasteiger partial charge in [0.05, 0.1) is 13.2 Å². The minimum Gasteiger partial charge on any atom is -0.496 e. The normalized spacial score (nSPS) is 18.3. The highest BCUT2D eigenvalue weighted by atomic mass is 32.2. The van der Waals surface area contributed by atoms with E-state index in [1.165, 1.54) is 29.9 Å². The third-order valence-corrected chi connectivity index (χ3v) is 5.22. The van der Waals surface area contributed by atoms with Crippen molar-refractivity contribution in [1.29, 1.82) is 0 Å². The summed E-state index contributed by atoms with van der Waals surface area (Å²) < 4.78 is 5.50. The van der Waals surface area contributed by atoms with Crippen molar-refractivity contribution in [3.05, 3.63) is 28.8 Å². The van der Waals surface area contributed by atoms with Crippen LogP contribution in [0.15, 0.2) is 12.1 Å². The molecular weight excluding hydrogens is 256 g/mol. The Hall–Kier alpha value is -0.670. The summed E-state index contributed by atoms with van der Waals surface area (Å²) >= 11 is 2.03. The van der Waals surface area contributed by atoms with Crippen LogP contribution in [0.5, 0.6) is 5.75 Å². The van der Waals surface area contributed by atoms with Crippen molar-refractivity contribution in [2.24, 2.45) is 5.92 Å². The maximum atomic E-state index is 10.5. The molecule has 1 N–H and O–H groups in total. The van der Waals surface area contributed by atoms with Crippen molar-refractivity contribution in [3.63, 3.8) is 0 Å². The van der Waals surface area contributed by atoms with Gasteiger partial charge in [-0.05, 0) is 61.7 Å². The Morgan fingerprint density at radius 2 is 2.00 bits per heavy atom. The number of thioether (sulfide) groups is 1. The average Bonchev–Trinajstić information content (AvgIpc) is 2.42. The minimum absolute atomic E-state index is 0.401. The largest absolute Gasteiger partial charge is 0.496 e. The molecule has 3 heteroatoms. The van der Waals surface area contributed by atoms with Gasteiger partial charge >= 0.3 is 0 Å². The predicted molar refractivity (Wildman–Crippen MR) is 82.1 cm³/mol. The molecule has 1 fully saturated rings. The van der Waals surface area contributed by atoms with Gasteiger partial charge < -0.3 is 9.84 Å². The van der Waals surface area contributed by atoms with E-state index in [0.717, 1.165) is 23.3 Å². The molecule has 1 aliphatic heterocycles. The molecule has 0 amide bonds. The van der Waals surface area contributed by atoms with Crippen LogP contribution in [0.4, 0.5) is 0 Å². The summed E-state index contributed by atoms with van der Waals surface area (Å²) in [5.74, 6) is 3.99. The van der Waals surface area contributed by atoms with Crippen LogP contribution in [0.25, 0.3) is 0 Å². The molecule has 1 atom stereocenters. The number of hydrogen-bond acceptors (Lipinski definition) is 3. The van der Waals surface area contributed by atoms with Gasteiger partial charge in [0.1, 0.15) is 5.75 Å². The van der Waals surface area contributed by atoms with Crippen molar-refractivity contribution >= 4 is 11.8 Å². The Kier molecular flexibility index (Phi) is 5.17. The molecule has 2 nitrogen and oxygen atoms in total. The predicted octanol–water partition coefficient (Wildman–Crippen LogP) is 3.88. The monoisotopic (exact) mass is 280 g/mol. The van der Waals surface area contributed by atoms with Crippen molar-refractivity contribution in [2.45, 2.75) is 39.2 Å². The molecular formula is C16H24O2S. The SMILES string of the molecule is COc1c(C(O)CC2CCSCC2)ccc(C)c1C. The first-order valence-electron chi connectivity index (χ1n) is 7.03. The van der Waals surface area contributed by atoms with Gasteiger partial charge in [-0.1, -0.05) is 12.1 Å². The quantitative estimate of drug-likeness (QED) is 0.907. The van der Waals surface area contributed by atoms with Crippen LogP contribution in [0.1, 0.15) is 42.1 Å². The molecule has 0 saturated carbocycles. The lowest BCUT2D eigenvalue weighted by atomic mass is 9.90. The van der Waals surface area contributed by atoms with Crippen LogP contribution in [0.2, 0.25) is 0 Å². The summed E-state index contributed by atoms with van der Waals surface area (Å²) in [5, 5.41) is 10.5. The lowest BCUT2D eigenvalue weighted by Crippen LogP contribution is -2.14. The van der Waals surface area contributed by atoms with Crippen LogP contribution in [0, 0.1) is 19.8 Å². The highest BCUT2D eigenvalue weighted by molar-refractivity contribution is 7.99. The molecule has 1 aliphatic rings. The molecule has 1 aromatic carbocycles. The smallest absolute Gasteiger partial charge is 0.127 e. The van der Waals surface area contributed by atoms with Gasteiger partial charge in [-0.3, -0.25) is 0 Å². The van der Waals surface area contributed by atoms with Crippen LogP contribution < -0.4 is 4.74 Å². The molecule has 1 aromatic rings. The molecule has 106 valence electrons. The lowest BCUT2D eigenvalue weighted by Gasteiger charge is -2.25. The summed E-state index contributed by atoms with van der Waals surface area (Å²) in [4.78, 5) is 0. The van der Waals surface area contributed by atoms with E-state index in [1.807, 2.05) is 17.8 Å². The Morgan fingerprint density at radius 3 is 2.63 bits per heavy atom. The van der Waals surface area contributed by atoms with Crippen molar-refractivity contribution in [3.8, 4) is 5.75 Å². The number of aliphatic hydroxyl groups is 1. The van der Waals surface area contributed by atoms with E-state index in [4.69, 9.17) is 4.74 Å². The Bertz CT molecular complexity index is 425. The number of ether oxygens (including phenoxy) is 1. The van der Waals surface area contributed by atoms with E-state index in [2.05, 4.69) is 19.9 Å². The van der Waals surface area contributed by atoms with Crippen molar-refractivity contribution in [2.75, 3.05) is 18.6 Å². The van der Waals surface area contributed by atoms with E-state index >= 15 is 0 Å². The first-order chi connectivity index (χ1) is 9.13. The fourth-order valence-corrected chi connectivity index (χ4v) is 3.97. The highest BCUT2D eigenvalue weighted by Crippen LogP contribution is 2.36. The summed E-state index contributed by atoms with van der Waals surface area (Å²) in [5.41, 5.74) is 3.30. The zero-order valence-corrected chi connectivity index (χ0v) is 12.9. The van der Waals surface area contributed by atoms with Gasteiger partial charge in [0.15, 0.2) is 0 Å². The van der Waals surface area contributed by atoms with Crippen LogP contribution in [-0.4, -0.2) is 23.7 Å². The molecule has 0 radical (unpaired) electrons. The molecule has 19 heavy (non-hydrogen) atoms. The fourth-order valence-electron chi connectivity index (χ4n) is 2.77. The fraction of sp³-hybridized carbons (Fsp3) is 0.625. The molecule has 1 unspecified atom stereocenters. The second-order valence-electron chi connectivity index (χ2n) is 5.44. The zero-order valence-electron chi connectivity index (χ0n) is 12.1. The summed E-state index contributed by atoms with van der Waals surface area (Å²) in [6, 6.07) is 4.09. The highest BCUT2D eigenvalue weighted by Gasteiger charge is 2.22. The van der Waals surface area contributed by atoms with Crippen molar-refractivity contribution < 1.29 is 9.84 Å². The molecule has 2 rings (SSSR count). The van der Waals surface area contributed by atoms with Crippen LogP contribution >= 0.6 is 11.8 Å². The molecule has 1 heterocycles. The second-order valence-corrected chi connectivity index (χ2v) is 6.66. The molecule has 0 spiro atoms. The molecule has 0 aliphatic carbocycles. The summed E-state index contributed by atoms with van der Waals surface area (Å²) in [6.07, 6.45) is 2.92. The summed E-state index contributed by atoms with van der Waals surface area (Å²) in [7, 11) is 1.69. The maximum Gasteiger partial charge on any atom is 0.127 e. The number of aliphatic hydroxyl groups excluding tert-OH is 1. The molecule has 0 bridgehead atoms. The number of hydrogen-bond donors (Lipinski definition) is 1. The van der Waals surface area contributed by atoms with E-state index in [-0.39, 0.29) is 0 Å². The topological polar surface area (TPSA) is 29.5 Å². The van der Waals surface area contributed by atoms with Crippen LogP contribution in [-0.2, 0) is 0 Å². The average molecular weight is 280 g/mol. The second kappa shape index (κ2) is 6.67. The maximum absolute atomic E-state index is 10.5. The Labute approximate surface area is 120 Å². The van der Waals surface area contributed by atoms with E-state index < -0.39 is 6.10 Å². The Balaban J connectivity index is 2.13. The van der Waals surface area contributed by atoms with E-state index in [1.54, 1.807) is 7.11 Å². The number of methoxy groups -OCH3 is 1.